The van der Waals surface area contributed by atoms with Crippen molar-refractivity contribution in [2.75, 3.05) is 7.11 Å². The number of nitrogens with one attached hydrogen (secondary N) is 1. The standard InChI is InChI=1S/C24H19N3O5/c1-32-21-11-10-15(13-25-26-22(29)19-8-4-5-9-20(19)28)12-16(21)14-27-23(30)17-6-2-3-7-18(17)24(27)31/h2-13,28H,14H2,1H3,(H,26,29)/b25-13-. The van der Waals surface area contributed by atoms with Crippen molar-refractivity contribution < 1.29 is 24.2 Å². The lowest BCUT2D eigenvalue weighted by molar-refractivity contribution is 0.0641. The molecule has 3 aromatic carbocycles. The van der Waals surface area contributed by atoms with Crippen LogP contribution in [-0.2, 0) is 6.54 Å². The van der Waals surface area contributed by atoms with Gasteiger partial charge in [0.2, 0.25) is 0 Å². The second kappa shape index (κ2) is 8.73. The maximum absolute atomic E-state index is 12.7. The Bertz CT molecular complexity index is 1220. The van der Waals surface area contributed by atoms with E-state index >= 15 is 0 Å². The molecule has 4 rings (SSSR count). The van der Waals surface area contributed by atoms with Gasteiger partial charge in [-0.15, -0.1) is 0 Å². The fraction of sp³-hybridized carbons (Fsp3) is 0.0833. The summed E-state index contributed by atoms with van der Waals surface area (Å²) in [5.41, 5.74) is 4.44. The minimum atomic E-state index is -0.556. The summed E-state index contributed by atoms with van der Waals surface area (Å²) in [6, 6.07) is 18.0. The molecular formula is C24H19N3O5. The third kappa shape index (κ3) is 3.93. The van der Waals surface area contributed by atoms with Crippen molar-refractivity contribution in [1.29, 1.82) is 0 Å². The quantitative estimate of drug-likeness (QED) is 0.356. The third-order valence-electron chi connectivity index (χ3n) is 5.04. The number of para-hydroxylation sites is 1. The predicted molar refractivity (Wildman–Crippen MR) is 117 cm³/mol. The van der Waals surface area contributed by atoms with Gasteiger partial charge >= 0.3 is 0 Å². The van der Waals surface area contributed by atoms with E-state index in [1.807, 2.05) is 0 Å². The number of phenols is 1. The number of amides is 3. The smallest absolute Gasteiger partial charge is 0.275 e. The van der Waals surface area contributed by atoms with E-state index in [1.165, 1.54) is 30.4 Å². The van der Waals surface area contributed by atoms with Crippen molar-refractivity contribution >= 4 is 23.9 Å². The molecule has 3 amide bonds. The lowest BCUT2D eigenvalue weighted by atomic mass is 10.1. The highest BCUT2D eigenvalue weighted by molar-refractivity contribution is 6.21. The van der Waals surface area contributed by atoms with Crippen LogP contribution in [0.4, 0.5) is 0 Å². The predicted octanol–water partition coefficient (Wildman–Crippen LogP) is 2.96. The molecule has 0 radical (unpaired) electrons. The van der Waals surface area contributed by atoms with Crippen molar-refractivity contribution in [1.82, 2.24) is 10.3 Å². The number of rotatable bonds is 6. The Morgan fingerprint density at radius 2 is 1.69 bits per heavy atom. The number of carbonyl (C=O) groups is 3. The van der Waals surface area contributed by atoms with Gasteiger partial charge in [0.25, 0.3) is 17.7 Å². The summed E-state index contributed by atoms with van der Waals surface area (Å²) in [7, 11) is 1.50. The van der Waals surface area contributed by atoms with Crippen molar-refractivity contribution in [2.45, 2.75) is 6.54 Å². The molecule has 1 aliphatic rings. The SMILES string of the molecule is COc1ccc(/C=N\NC(=O)c2ccccc2O)cc1CN1C(=O)c2ccccc2C1=O. The van der Waals surface area contributed by atoms with Crippen molar-refractivity contribution in [2.24, 2.45) is 5.10 Å². The molecule has 8 nitrogen and oxygen atoms in total. The van der Waals surface area contributed by atoms with Crippen LogP contribution in [0, 0.1) is 0 Å². The van der Waals surface area contributed by atoms with Gasteiger partial charge in [-0.05, 0) is 48.0 Å². The molecule has 2 N–H and O–H groups in total. The van der Waals surface area contributed by atoms with Crippen molar-refractivity contribution in [3.05, 3.63) is 94.5 Å². The van der Waals surface area contributed by atoms with Gasteiger partial charge in [-0.1, -0.05) is 24.3 Å². The highest BCUT2D eigenvalue weighted by Gasteiger charge is 2.35. The first-order chi connectivity index (χ1) is 15.5. The van der Waals surface area contributed by atoms with Crippen molar-refractivity contribution in [3.8, 4) is 11.5 Å². The summed E-state index contributed by atoms with van der Waals surface area (Å²) in [5, 5.41) is 13.7. The second-order valence-corrected chi connectivity index (χ2v) is 7.03. The molecule has 0 saturated heterocycles. The van der Waals surface area contributed by atoms with Crippen LogP contribution in [0.5, 0.6) is 11.5 Å². The number of methoxy groups -OCH3 is 1. The van der Waals surface area contributed by atoms with Gasteiger partial charge < -0.3 is 9.84 Å². The van der Waals surface area contributed by atoms with Gasteiger partial charge in [0.1, 0.15) is 11.5 Å². The molecule has 1 heterocycles. The van der Waals surface area contributed by atoms with E-state index in [4.69, 9.17) is 4.74 Å². The Morgan fingerprint density at radius 3 is 2.34 bits per heavy atom. The maximum Gasteiger partial charge on any atom is 0.275 e. The van der Waals surface area contributed by atoms with Crippen LogP contribution in [-0.4, -0.2) is 41.1 Å². The minimum Gasteiger partial charge on any atom is -0.507 e. The molecule has 0 atom stereocenters. The summed E-state index contributed by atoms with van der Waals surface area (Å²) < 4.78 is 5.38. The molecule has 160 valence electrons. The van der Waals surface area contributed by atoms with Gasteiger partial charge in [-0.3, -0.25) is 19.3 Å². The monoisotopic (exact) mass is 429 g/mol. The Labute approximate surface area is 183 Å². The summed E-state index contributed by atoms with van der Waals surface area (Å²) in [4.78, 5) is 38.7. The fourth-order valence-corrected chi connectivity index (χ4v) is 3.45. The number of ether oxygens (including phenoxy) is 1. The molecule has 0 aromatic heterocycles. The average molecular weight is 429 g/mol. The normalized spacial score (nSPS) is 12.8. The van der Waals surface area contributed by atoms with E-state index < -0.39 is 5.91 Å². The zero-order chi connectivity index (χ0) is 22.7. The Hall–Kier alpha value is -4.46. The van der Waals surface area contributed by atoms with E-state index in [-0.39, 0.29) is 29.7 Å². The number of hydrogen-bond donors (Lipinski definition) is 2. The van der Waals surface area contributed by atoms with Crippen LogP contribution in [0.1, 0.15) is 42.2 Å². The van der Waals surface area contributed by atoms with Crippen LogP contribution in [0.3, 0.4) is 0 Å². The number of phenolic OH excluding ortho intramolecular Hbond substituents is 1. The van der Waals surface area contributed by atoms with Gasteiger partial charge in [0.05, 0.1) is 36.6 Å². The molecule has 0 saturated carbocycles. The van der Waals surface area contributed by atoms with Crippen LogP contribution in [0.2, 0.25) is 0 Å². The molecule has 8 heteroatoms. The minimum absolute atomic E-state index is 0.0292. The van der Waals surface area contributed by atoms with Gasteiger partial charge in [-0.2, -0.15) is 5.10 Å². The highest BCUT2D eigenvalue weighted by Crippen LogP contribution is 2.27. The van der Waals surface area contributed by atoms with E-state index in [0.717, 1.165) is 0 Å². The molecular weight excluding hydrogens is 410 g/mol. The highest BCUT2D eigenvalue weighted by atomic mass is 16.5. The zero-order valence-electron chi connectivity index (χ0n) is 17.1. The lowest BCUT2D eigenvalue weighted by Crippen LogP contribution is -2.29. The second-order valence-electron chi connectivity index (χ2n) is 7.03. The van der Waals surface area contributed by atoms with E-state index in [0.29, 0.717) is 28.0 Å². The fourth-order valence-electron chi connectivity index (χ4n) is 3.45. The number of aromatic hydroxyl groups is 1. The lowest BCUT2D eigenvalue weighted by Gasteiger charge is -2.16. The Morgan fingerprint density at radius 1 is 1.03 bits per heavy atom. The third-order valence-corrected chi connectivity index (χ3v) is 5.04. The average Bonchev–Trinajstić information content (AvgIpc) is 3.04. The largest absolute Gasteiger partial charge is 0.507 e. The topological polar surface area (TPSA) is 108 Å². The first-order valence-electron chi connectivity index (χ1n) is 9.73. The number of hydrogen-bond acceptors (Lipinski definition) is 6. The Kier molecular flexibility index (Phi) is 5.67. The molecule has 0 unspecified atom stereocenters. The molecule has 0 aliphatic carbocycles. The number of nitrogens with zero attached hydrogens (tertiary/aromatic N) is 2. The number of hydrazone groups is 1. The van der Waals surface area contributed by atoms with E-state index in [1.54, 1.807) is 54.6 Å². The summed E-state index contributed by atoms with van der Waals surface area (Å²) in [6.45, 7) is 0.0292. The number of imide groups is 1. The molecule has 1 aliphatic heterocycles. The molecule has 32 heavy (non-hydrogen) atoms. The first-order valence-corrected chi connectivity index (χ1v) is 9.73. The zero-order valence-corrected chi connectivity index (χ0v) is 17.1. The summed E-state index contributed by atoms with van der Waals surface area (Å²) in [5.74, 6) is -0.910. The number of fused-ring (bicyclic) bond motifs is 1. The van der Waals surface area contributed by atoms with E-state index in [9.17, 15) is 19.5 Å². The summed E-state index contributed by atoms with van der Waals surface area (Å²) in [6.07, 6.45) is 1.42. The van der Waals surface area contributed by atoms with Gasteiger partial charge in [0, 0.05) is 5.56 Å². The van der Waals surface area contributed by atoms with Gasteiger partial charge in [-0.25, -0.2) is 5.43 Å². The molecule has 0 fully saturated rings. The maximum atomic E-state index is 12.7. The van der Waals surface area contributed by atoms with Crippen LogP contribution >= 0.6 is 0 Å². The molecule has 0 spiro atoms. The molecule has 0 bridgehead atoms. The molecule has 3 aromatic rings. The summed E-state index contributed by atoms with van der Waals surface area (Å²) >= 11 is 0. The first kappa shape index (κ1) is 20.8. The van der Waals surface area contributed by atoms with E-state index in [2.05, 4.69) is 10.5 Å². The number of benzene rings is 3. The van der Waals surface area contributed by atoms with Crippen LogP contribution < -0.4 is 10.2 Å². The van der Waals surface area contributed by atoms with Crippen LogP contribution in [0.25, 0.3) is 0 Å². The van der Waals surface area contributed by atoms with Crippen LogP contribution in [0.15, 0.2) is 71.8 Å². The Balaban J connectivity index is 1.52. The van der Waals surface area contributed by atoms with Gasteiger partial charge in [0.15, 0.2) is 0 Å². The number of carbonyl (C=O) groups excluding carboxylic acids is 3. The van der Waals surface area contributed by atoms with Crippen molar-refractivity contribution in [3.63, 3.8) is 0 Å².